The molecular formula is C20H15F2N3O. The SMILES string of the molecule is CN1C(=O)c2cccn2-c2cc(-c3ccc(F)nc3)cc(F)c2C12CC2. The second-order valence-corrected chi connectivity index (χ2v) is 6.88. The first-order chi connectivity index (χ1) is 12.5. The average molecular weight is 351 g/mol. The zero-order valence-corrected chi connectivity index (χ0v) is 14.0. The van der Waals surface area contributed by atoms with E-state index in [2.05, 4.69) is 4.98 Å². The van der Waals surface area contributed by atoms with Gasteiger partial charge in [-0.05, 0) is 54.8 Å². The van der Waals surface area contributed by atoms with Gasteiger partial charge < -0.3 is 9.47 Å². The van der Waals surface area contributed by atoms with Gasteiger partial charge in [0.1, 0.15) is 11.5 Å². The Morgan fingerprint density at radius 2 is 1.92 bits per heavy atom. The minimum Gasteiger partial charge on any atom is -0.330 e. The fourth-order valence-corrected chi connectivity index (χ4v) is 3.96. The molecule has 2 aromatic heterocycles. The first-order valence-electron chi connectivity index (χ1n) is 8.43. The molecular weight excluding hydrogens is 336 g/mol. The lowest BCUT2D eigenvalue weighted by Gasteiger charge is -2.27. The van der Waals surface area contributed by atoms with Gasteiger partial charge >= 0.3 is 0 Å². The van der Waals surface area contributed by atoms with Crippen LogP contribution in [0.25, 0.3) is 16.8 Å². The van der Waals surface area contributed by atoms with Crippen molar-refractivity contribution in [2.24, 2.45) is 0 Å². The third-order valence-corrected chi connectivity index (χ3v) is 5.49. The maximum atomic E-state index is 15.3. The molecule has 130 valence electrons. The molecule has 0 radical (unpaired) electrons. The highest BCUT2D eigenvalue weighted by molar-refractivity contribution is 5.95. The highest BCUT2D eigenvalue weighted by atomic mass is 19.1. The van der Waals surface area contributed by atoms with Gasteiger partial charge in [-0.2, -0.15) is 4.39 Å². The lowest BCUT2D eigenvalue weighted by molar-refractivity contribution is 0.0702. The molecule has 2 aliphatic rings. The predicted octanol–water partition coefficient (Wildman–Crippen LogP) is 3.89. The van der Waals surface area contributed by atoms with Crippen LogP contribution < -0.4 is 0 Å². The first-order valence-corrected chi connectivity index (χ1v) is 8.43. The summed E-state index contributed by atoms with van der Waals surface area (Å²) in [6.45, 7) is 0. The summed E-state index contributed by atoms with van der Waals surface area (Å²) in [6.07, 6.45) is 4.63. The Morgan fingerprint density at radius 1 is 1.12 bits per heavy atom. The number of carbonyl (C=O) groups excluding carboxylic acids is 1. The van der Waals surface area contributed by atoms with E-state index in [4.69, 9.17) is 0 Å². The Morgan fingerprint density at radius 3 is 2.62 bits per heavy atom. The normalized spacial score (nSPS) is 17.0. The highest BCUT2D eigenvalue weighted by Gasteiger charge is 2.54. The Kier molecular flexibility index (Phi) is 2.93. The molecule has 0 bridgehead atoms. The van der Waals surface area contributed by atoms with Crippen molar-refractivity contribution in [3.63, 3.8) is 0 Å². The molecule has 4 nitrogen and oxygen atoms in total. The van der Waals surface area contributed by atoms with Crippen molar-refractivity contribution in [3.8, 4) is 16.8 Å². The molecule has 1 aromatic carbocycles. The standard InChI is InChI=1S/C20H15F2N3O/c1-24-19(26)15-3-2-8-25(15)16-10-13(12-4-5-17(22)23-11-12)9-14(21)18(16)20(24)6-7-20/h2-5,8-11H,6-7H2,1H3. The molecule has 1 saturated carbocycles. The van der Waals surface area contributed by atoms with Gasteiger partial charge in [-0.25, -0.2) is 9.37 Å². The average Bonchev–Trinajstić information content (AvgIpc) is 3.29. The molecule has 1 amide bonds. The van der Waals surface area contributed by atoms with Crippen molar-refractivity contribution in [2.45, 2.75) is 18.4 Å². The maximum absolute atomic E-state index is 15.3. The van der Waals surface area contributed by atoms with Crippen LogP contribution in [0.5, 0.6) is 0 Å². The summed E-state index contributed by atoms with van der Waals surface area (Å²) in [7, 11) is 1.74. The van der Waals surface area contributed by atoms with Gasteiger partial charge in [0.05, 0.1) is 11.2 Å². The number of hydrogen-bond donors (Lipinski definition) is 0. The number of carbonyl (C=O) groups is 1. The molecule has 6 heteroatoms. The number of pyridine rings is 1. The van der Waals surface area contributed by atoms with E-state index in [0.29, 0.717) is 28.1 Å². The Hall–Kier alpha value is -3.02. The van der Waals surface area contributed by atoms with Crippen molar-refractivity contribution < 1.29 is 13.6 Å². The van der Waals surface area contributed by atoms with E-state index in [-0.39, 0.29) is 11.7 Å². The van der Waals surface area contributed by atoms with Crippen LogP contribution >= 0.6 is 0 Å². The van der Waals surface area contributed by atoms with E-state index in [9.17, 15) is 9.18 Å². The summed E-state index contributed by atoms with van der Waals surface area (Å²) in [6, 6.07) is 9.64. The van der Waals surface area contributed by atoms with Gasteiger partial charge in [0, 0.05) is 30.6 Å². The van der Waals surface area contributed by atoms with Crippen LogP contribution in [0.4, 0.5) is 8.78 Å². The summed E-state index contributed by atoms with van der Waals surface area (Å²) < 4.78 is 30.1. The Labute approximate surface area is 148 Å². The van der Waals surface area contributed by atoms with Gasteiger partial charge in [-0.15, -0.1) is 0 Å². The highest BCUT2D eigenvalue weighted by Crippen LogP contribution is 2.55. The van der Waals surface area contributed by atoms with E-state index in [1.54, 1.807) is 40.9 Å². The topological polar surface area (TPSA) is 38.1 Å². The number of amides is 1. The summed E-state index contributed by atoms with van der Waals surface area (Å²) in [5, 5.41) is 0. The van der Waals surface area contributed by atoms with Crippen LogP contribution in [0.3, 0.4) is 0 Å². The summed E-state index contributed by atoms with van der Waals surface area (Å²) >= 11 is 0. The van der Waals surface area contributed by atoms with Crippen LogP contribution in [0.1, 0.15) is 28.9 Å². The first kappa shape index (κ1) is 15.3. The molecule has 0 atom stereocenters. The zero-order chi connectivity index (χ0) is 18.1. The quantitative estimate of drug-likeness (QED) is 0.624. The van der Waals surface area contributed by atoms with Gasteiger partial charge in [0.2, 0.25) is 5.95 Å². The Balaban J connectivity index is 1.80. The minimum absolute atomic E-state index is 0.118. The van der Waals surface area contributed by atoms with Crippen LogP contribution in [0.15, 0.2) is 48.8 Å². The van der Waals surface area contributed by atoms with Gasteiger partial charge in [0.25, 0.3) is 5.91 Å². The van der Waals surface area contributed by atoms with E-state index in [1.807, 2.05) is 6.07 Å². The zero-order valence-electron chi connectivity index (χ0n) is 14.0. The lowest BCUT2D eigenvalue weighted by Crippen LogP contribution is -2.36. The third-order valence-electron chi connectivity index (χ3n) is 5.49. The van der Waals surface area contributed by atoms with Crippen molar-refractivity contribution in [1.29, 1.82) is 0 Å². The van der Waals surface area contributed by atoms with Crippen molar-refractivity contribution in [2.75, 3.05) is 7.05 Å². The number of fused-ring (bicyclic) bond motifs is 4. The monoisotopic (exact) mass is 351 g/mol. The van der Waals surface area contributed by atoms with Crippen molar-refractivity contribution >= 4 is 5.91 Å². The molecule has 0 saturated heterocycles. The van der Waals surface area contributed by atoms with E-state index < -0.39 is 11.5 Å². The maximum Gasteiger partial charge on any atom is 0.271 e. The third kappa shape index (κ3) is 1.92. The van der Waals surface area contributed by atoms with Crippen LogP contribution in [-0.4, -0.2) is 27.4 Å². The molecule has 1 spiro atoms. The number of hydrogen-bond acceptors (Lipinski definition) is 2. The van der Waals surface area contributed by atoms with E-state index >= 15 is 4.39 Å². The smallest absolute Gasteiger partial charge is 0.271 e. The number of benzene rings is 1. The fraction of sp³-hybridized carbons (Fsp3) is 0.200. The second-order valence-electron chi connectivity index (χ2n) is 6.88. The largest absolute Gasteiger partial charge is 0.330 e. The molecule has 26 heavy (non-hydrogen) atoms. The lowest BCUT2D eigenvalue weighted by atomic mass is 9.96. The number of aromatic nitrogens is 2. The van der Waals surface area contributed by atoms with Gasteiger partial charge in [0.15, 0.2) is 0 Å². The number of nitrogens with zero attached hydrogens (tertiary/aromatic N) is 3. The summed E-state index contributed by atoms with van der Waals surface area (Å²) in [5.41, 5.74) is 2.33. The molecule has 3 heterocycles. The van der Waals surface area contributed by atoms with E-state index in [1.165, 1.54) is 18.3 Å². The molecule has 1 aliphatic heterocycles. The van der Waals surface area contributed by atoms with Gasteiger partial charge in [-0.3, -0.25) is 4.79 Å². The van der Waals surface area contributed by atoms with Crippen LogP contribution in [-0.2, 0) is 5.54 Å². The molecule has 5 rings (SSSR count). The number of rotatable bonds is 1. The Bertz CT molecular complexity index is 1050. The van der Waals surface area contributed by atoms with Gasteiger partial charge in [-0.1, -0.05) is 0 Å². The fourth-order valence-electron chi connectivity index (χ4n) is 3.96. The van der Waals surface area contributed by atoms with Crippen molar-refractivity contribution in [3.05, 3.63) is 71.8 Å². The molecule has 3 aromatic rings. The van der Waals surface area contributed by atoms with Crippen molar-refractivity contribution in [1.82, 2.24) is 14.5 Å². The number of halogens is 2. The molecule has 1 aliphatic carbocycles. The predicted molar refractivity (Wildman–Crippen MR) is 91.9 cm³/mol. The van der Waals surface area contributed by atoms with Crippen LogP contribution in [0.2, 0.25) is 0 Å². The van der Waals surface area contributed by atoms with Crippen LogP contribution in [0, 0.1) is 11.8 Å². The second kappa shape index (κ2) is 5.00. The molecule has 1 fully saturated rings. The molecule has 0 unspecified atom stereocenters. The van der Waals surface area contributed by atoms with E-state index in [0.717, 1.165) is 12.8 Å². The minimum atomic E-state index is -0.588. The molecule has 0 N–H and O–H groups in total. The summed E-state index contributed by atoms with van der Waals surface area (Å²) in [5.74, 6) is -1.06. The summed E-state index contributed by atoms with van der Waals surface area (Å²) in [4.78, 5) is 18.2.